The van der Waals surface area contributed by atoms with Crippen LogP contribution in [0.15, 0.2) is 49.1 Å². The molecule has 0 heterocycles. The second-order valence-electron chi connectivity index (χ2n) is 5.93. The van der Waals surface area contributed by atoms with Crippen molar-refractivity contribution >= 4 is 22.6 Å². The van der Waals surface area contributed by atoms with Gasteiger partial charge in [0.25, 0.3) is 0 Å². The van der Waals surface area contributed by atoms with Crippen LogP contribution in [0.2, 0.25) is 0 Å². The number of aliphatic hydroxyl groups excluding tert-OH is 1. The molecular formula is C21H25IO3. The summed E-state index contributed by atoms with van der Waals surface area (Å²) in [7, 11) is 3.38. The van der Waals surface area contributed by atoms with Crippen LogP contribution in [0.1, 0.15) is 24.8 Å². The average molecular weight is 452 g/mol. The van der Waals surface area contributed by atoms with Crippen molar-refractivity contribution in [3.63, 3.8) is 0 Å². The van der Waals surface area contributed by atoms with Crippen molar-refractivity contribution in [2.45, 2.75) is 31.8 Å². The van der Waals surface area contributed by atoms with Crippen molar-refractivity contribution in [1.29, 1.82) is 0 Å². The summed E-state index contributed by atoms with van der Waals surface area (Å²) >= 11 is 2.31. The first-order chi connectivity index (χ1) is 12.1. The highest BCUT2D eigenvalue weighted by molar-refractivity contribution is 14.1. The van der Waals surface area contributed by atoms with Gasteiger partial charge in [0.15, 0.2) is 0 Å². The van der Waals surface area contributed by atoms with Gasteiger partial charge in [0.2, 0.25) is 0 Å². The minimum Gasteiger partial charge on any atom is -0.496 e. The highest BCUT2D eigenvalue weighted by Gasteiger charge is 2.13. The lowest BCUT2D eigenvalue weighted by Crippen LogP contribution is -2.01. The van der Waals surface area contributed by atoms with Crippen LogP contribution in [0.4, 0.5) is 0 Å². The van der Waals surface area contributed by atoms with Crippen LogP contribution in [0.25, 0.3) is 11.1 Å². The molecule has 1 unspecified atom stereocenters. The zero-order valence-electron chi connectivity index (χ0n) is 14.8. The van der Waals surface area contributed by atoms with E-state index in [2.05, 4.69) is 47.4 Å². The van der Waals surface area contributed by atoms with Crippen molar-refractivity contribution in [3.05, 3.63) is 58.2 Å². The Balaban J connectivity index is 2.23. The third-order valence-corrected chi connectivity index (χ3v) is 4.87. The molecule has 2 rings (SSSR count). The van der Waals surface area contributed by atoms with Gasteiger partial charge in [-0.15, -0.1) is 6.58 Å². The van der Waals surface area contributed by atoms with Crippen LogP contribution in [-0.2, 0) is 6.42 Å². The van der Waals surface area contributed by atoms with Gasteiger partial charge >= 0.3 is 0 Å². The summed E-state index contributed by atoms with van der Waals surface area (Å²) in [4.78, 5) is 0. The molecule has 0 fully saturated rings. The number of hydrogen-bond donors (Lipinski definition) is 1. The topological polar surface area (TPSA) is 38.7 Å². The number of ether oxygens (including phenoxy) is 2. The Morgan fingerprint density at radius 1 is 1.04 bits per heavy atom. The molecule has 4 heteroatoms. The zero-order chi connectivity index (χ0) is 18.2. The molecular weight excluding hydrogens is 427 g/mol. The van der Waals surface area contributed by atoms with Gasteiger partial charge < -0.3 is 14.6 Å². The lowest BCUT2D eigenvalue weighted by molar-refractivity contribution is 0.209. The molecule has 0 aliphatic heterocycles. The van der Waals surface area contributed by atoms with Gasteiger partial charge in [0.1, 0.15) is 11.5 Å². The largest absolute Gasteiger partial charge is 0.496 e. The molecule has 0 aliphatic rings. The van der Waals surface area contributed by atoms with E-state index in [0.29, 0.717) is 0 Å². The van der Waals surface area contributed by atoms with Gasteiger partial charge in [-0.25, -0.2) is 0 Å². The van der Waals surface area contributed by atoms with Crippen molar-refractivity contribution in [2.24, 2.45) is 0 Å². The molecule has 0 amide bonds. The molecule has 0 spiro atoms. The number of aryl methyl sites for hydroxylation is 1. The second-order valence-corrected chi connectivity index (χ2v) is 7.17. The third kappa shape index (κ3) is 5.47. The molecule has 134 valence electrons. The molecule has 1 atom stereocenters. The van der Waals surface area contributed by atoms with Gasteiger partial charge in [-0.1, -0.05) is 18.6 Å². The number of rotatable bonds is 9. The van der Waals surface area contributed by atoms with Crippen molar-refractivity contribution in [2.75, 3.05) is 14.2 Å². The summed E-state index contributed by atoms with van der Waals surface area (Å²) in [5.41, 5.74) is 3.33. The standard InChI is InChI=1S/C21H25IO3/c1-4-17(23)8-6-5-7-15-9-11-20(24-2)18(13-15)19-14-16(22)10-12-21(19)25-3/h4,9-14,17,23H,1,5-8H2,2-3H3. The Kier molecular flexibility index (Phi) is 7.78. The maximum absolute atomic E-state index is 9.55. The summed E-state index contributed by atoms with van der Waals surface area (Å²) in [5, 5.41) is 9.55. The van der Waals surface area contributed by atoms with E-state index in [1.807, 2.05) is 18.2 Å². The van der Waals surface area contributed by atoms with E-state index >= 15 is 0 Å². The monoisotopic (exact) mass is 452 g/mol. The van der Waals surface area contributed by atoms with E-state index in [9.17, 15) is 5.11 Å². The summed E-state index contributed by atoms with van der Waals surface area (Å²) in [6.07, 6.45) is 4.92. The fourth-order valence-electron chi connectivity index (χ4n) is 2.81. The Hall–Kier alpha value is -1.53. The van der Waals surface area contributed by atoms with Crippen LogP contribution in [0, 0.1) is 3.57 Å². The first kappa shape index (κ1) is 19.8. The molecule has 0 aliphatic carbocycles. The van der Waals surface area contributed by atoms with Crippen LogP contribution >= 0.6 is 22.6 Å². The van der Waals surface area contributed by atoms with Crippen molar-refractivity contribution < 1.29 is 14.6 Å². The van der Waals surface area contributed by atoms with E-state index in [0.717, 1.165) is 51.9 Å². The minimum absolute atomic E-state index is 0.401. The molecule has 0 bridgehead atoms. The highest BCUT2D eigenvalue weighted by Crippen LogP contribution is 2.38. The van der Waals surface area contributed by atoms with Crippen LogP contribution in [-0.4, -0.2) is 25.4 Å². The zero-order valence-corrected chi connectivity index (χ0v) is 17.0. The predicted molar refractivity (Wildman–Crippen MR) is 111 cm³/mol. The van der Waals surface area contributed by atoms with Crippen LogP contribution in [0.5, 0.6) is 11.5 Å². The molecule has 0 radical (unpaired) electrons. The smallest absolute Gasteiger partial charge is 0.126 e. The number of benzene rings is 2. The lowest BCUT2D eigenvalue weighted by atomic mass is 9.98. The molecule has 3 nitrogen and oxygen atoms in total. The van der Waals surface area contributed by atoms with Gasteiger partial charge in [0, 0.05) is 14.7 Å². The Morgan fingerprint density at radius 2 is 1.68 bits per heavy atom. The van der Waals surface area contributed by atoms with Gasteiger partial charge in [-0.3, -0.25) is 0 Å². The van der Waals surface area contributed by atoms with Crippen molar-refractivity contribution in [3.8, 4) is 22.6 Å². The number of hydrogen-bond acceptors (Lipinski definition) is 3. The lowest BCUT2D eigenvalue weighted by Gasteiger charge is -2.14. The number of methoxy groups -OCH3 is 2. The predicted octanol–water partition coefficient (Wildman–Crippen LogP) is 5.24. The molecule has 0 aromatic heterocycles. The number of aliphatic hydroxyl groups is 1. The summed E-state index contributed by atoms with van der Waals surface area (Å²) in [5.74, 6) is 1.68. The van der Waals surface area contributed by atoms with Crippen molar-refractivity contribution in [1.82, 2.24) is 0 Å². The number of halogens is 1. The summed E-state index contributed by atoms with van der Waals surface area (Å²) in [6, 6.07) is 12.4. The normalized spacial score (nSPS) is 11.8. The first-order valence-electron chi connectivity index (χ1n) is 8.40. The summed E-state index contributed by atoms with van der Waals surface area (Å²) in [6.45, 7) is 3.61. The van der Waals surface area contributed by atoms with Crippen LogP contribution < -0.4 is 9.47 Å². The molecule has 25 heavy (non-hydrogen) atoms. The fraction of sp³-hybridized carbons (Fsp3) is 0.333. The SMILES string of the molecule is C=CC(O)CCCCc1ccc(OC)c(-c2cc(I)ccc2OC)c1. The molecule has 2 aromatic rings. The van der Waals surface area contributed by atoms with E-state index in [1.54, 1.807) is 20.3 Å². The molecule has 1 N–H and O–H groups in total. The molecule has 0 saturated heterocycles. The third-order valence-electron chi connectivity index (χ3n) is 4.20. The van der Waals surface area contributed by atoms with Gasteiger partial charge in [0.05, 0.1) is 20.3 Å². The molecule has 0 saturated carbocycles. The molecule has 2 aromatic carbocycles. The Morgan fingerprint density at radius 3 is 2.32 bits per heavy atom. The first-order valence-corrected chi connectivity index (χ1v) is 9.48. The van der Waals surface area contributed by atoms with Gasteiger partial charge in [-0.05, 0) is 77.7 Å². The quantitative estimate of drug-likeness (QED) is 0.322. The maximum atomic E-state index is 9.55. The Labute approximate surface area is 163 Å². The minimum atomic E-state index is -0.401. The number of unbranched alkanes of at least 4 members (excludes halogenated alkanes) is 1. The van der Waals surface area contributed by atoms with Gasteiger partial charge in [-0.2, -0.15) is 0 Å². The average Bonchev–Trinajstić information content (AvgIpc) is 2.64. The summed E-state index contributed by atoms with van der Waals surface area (Å²) < 4.78 is 12.3. The van der Waals surface area contributed by atoms with E-state index in [4.69, 9.17) is 9.47 Å². The van der Waals surface area contributed by atoms with Crippen LogP contribution in [0.3, 0.4) is 0 Å². The fourth-order valence-corrected chi connectivity index (χ4v) is 3.30. The van der Waals surface area contributed by atoms with E-state index < -0.39 is 6.10 Å². The van der Waals surface area contributed by atoms with E-state index in [1.165, 1.54) is 5.56 Å². The van der Waals surface area contributed by atoms with E-state index in [-0.39, 0.29) is 0 Å². The maximum Gasteiger partial charge on any atom is 0.126 e. The Bertz CT molecular complexity index is 712. The highest BCUT2D eigenvalue weighted by atomic mass is 127. The second kappa shape index (κ2) is 9.82.